The Kier molecular flexibility index (Phi) is 4.73. The summed E-state index contributed by atoms with van der Waals surface area (Å²) in [6.45, 7) is 7.60. The maximum atomic E-state index is 14.5. The molecule has 4 aromatic rings. The maximum absolute atomic E-state index is 14.5. The van der Waals surface area contributed by atoms with Crippen LogP contribution in [0.15, 0.2) is 47.3 Å². The molecule has 0 amide bonds. The van der Waals surface area contributed by atoms with Crippen LogP contribution in [-0.2, 0) is 11.0 Å². The van der Waals surface area contributed by atoms with Crippen molar-refractivity contribution in [3.8, 4) is 22.8 Å². The molecule has 7 nitrogen and oxygen atoms in total. The van der Waals surface area contributed by atoms with Crippen molar-refractivity contribution < 1.29 is 18.3 Å². The molecule has 2 atom stereocenters. The number of fused-ring (bicyclic) bond motifs is 5. The van der Waals surface area contributed by atoms with Crippen molar-refractivity contribution in [2.45, 2.75) is 57.5 Å². The molecule has 1 N–H and O–H groups in total. The van der Waals surface area contributed by atoms with Gasteiger partial charge in [0, 0.05) is 6.20 Å². The van der Waals surface area contributed by atoms with Gasteiger partial charge in [-0.1, -0.05) is 19.9 Å². The van der Waals surface area contributed by atoms with Gasteiger partial charge in [0.05, 0.1) is 34.3 Å². The molecule has 9 heteroatoms. The summed E-state index contributed by atoms with van der Waals surface area (Å²) in [7, 11) is 0. The Balaban J connectivity index is 1.48. The van der Waals surface area contributed by atoms with Crippen molar-refractivity contribution in [1.82, 2.24) is 25.1 Å². The molecule has 0 aliphatic heterocycles. The van der Waals surface area contributed by atoms with Gasteiger partial charge in [-0.25, -0.2) is 18.7 Å². The highest BCUT2D eigenvalue weighted by atomic mass is 19.1. The van der Waals surface area contributed by atoms with E-state index in [1.54, 1.807) is 32.3 Å². The maximum Gasteiger partial charge on any atom is 0.247 e. The van der Waals surface area contributed by atoms with E-state index in [0.717, 1.165) is 24.1 Å². The highest BCUT2D eigenvalue weighted by molar-refractivity contribution is 5.64. The lowest BCUT2D eigenvalue weighted by Gasteiger charge is -2.37. The van der Waals surface area contributed by atoms with Gasteiger partial charge in [0.2, 0.25) is 5.89 Å². The van der Waals surface area contributed by atoms with Gasteiger partial charge >= 0.3 is 0 Å². The Labute approximate surface area is 206 Å². The molecule has 1 fully saturated rings. The van der Waals surface area contributed by atoms with Crippen LogP contribution in [0.25, 0.3) is 22.8 Å². The molecule has 36 heavy (non-hydrogen) atoms. The molecule has 3 aromatic heterocycles. The third kappa shape index (κ3) is 3.01. The third-order valence-corrected chi connectivity index (χ3v) is 8.02. The predicted molar refractivity (Wildman–Crippen MR) is 127 cm³/mol. The molecule has 184 valence electrons. The summed E-state index contributed by atoms with van der Waals surface area (Å²) >= 11 is 0. The molecule has 0 spiro atoms. The zero-order chi connectivity index (χ0) is 25.5. The molecule has 0 saturated heterocycles. The summed E-state index contributed by atoms with van der Waals surface area (Å²) in [5.74, 6) is -0.960. The van der Waals surface area contributed by atoms with Crippen LogP contribution in [0.1, 0.15) is 69.1 Å². The first-order chi connectivity index (χ1) is 17.0. The van der Waals surface area contributed by atoms with E-state index in [2.05, 4.69) is 34.0 Å². The lowest BCUT2D eigenvalue weighted by molar-refractivity contribution is 0.0738. The van der Waals surface area contributed by atoms with E-state index in [1.807, 2.05) is 0 Å². The quantitative estimate of drug-likeness (QED) is 0.416. The molecule has 2 aliphatic carbocycles. The van der Waals surface area contributed by atoms with Gasteiger partial charge in [-0.15, -0.1) is 5.10 Å². The summed E-state index contributed by atoms with van der Waals surface area (Å²) < 4.78 is 34.6. The second-order valence-electron chi connectivity index (χ2n) is 10.7. The number of benzene rings is 1. The first-order valence-corrected chi connectivity index (χ1v) is 11.9. The molecule has 2 aliphatic rings. The topological polar surface area (TPSA) is 97.8 Å². The van der Waals surface area contributed by atoms with Gasteiger partial charge in [-0.3, -0.25) is 4.98 Å². The van der Waals surface area contributed by atoms with Crippen molar-refractivity contribution in [3.63, 3.8) is 0 Å². The van der Waals surface area contributed by atoms with Crippen LogP contribution in [-0.4, -0.2) is 30.3 Å². The van der Waals surface area contributed by atoms with Crippen molar-refractivity contribution in [2.75, 3.05) is 0 Å². The fraction of sp³-hybridized carbons (Fsp3) is 0.370. The summed E-state index contributed by atoms with van der Waals surface area (Å²) in [5.41, 5.74) is 1.25. The smallest absolute Gasteiger partial charge is 0.247 e. The fourth-order valence-corrected chi connectivity index (χ4v) is 6.10. The summed E-state index contributed by atoms with van der Waals surface area (Å²) in [6, 6.07) is 5.55. The lowest BCUT2D eigenvalue weighted by Crippen LogP contribution is -2.38. The minimum atomic E-state index is -1.15. The van der Waals surface area contributed by atoms with Crippen LogP contribution in [0.2, 0.25) is 0 Å². The summed E-state index contributed by atoms with van der Waals surface area (Å²) in [5, 5.41) is 19.1. The number of hydrogen-bond acceptors (Lipinski definition) is 7. The average Bonchev–Trinajstić information content (AvgIpc) is 3.48. The van der Waals surface area contributed by atoms with Crippen LogP contribution < -0.4 is 0 Å². The van der Waals surface area contributed by atoms with Gasteiger partial charge in [-0.05, 0) is 61.8 Å². The van der Waals surface area contributed by atoms with Crippen LogP contribution in [0.3, 0.4) is 0 Å². The second kappa shape index (κ2) is 7.46. The summed E-state index contributed by atoms with van der Waals surface area (Å²) in [6.07, 6.45) is 6.38. The van der Waals surface area contributed by atoms with E-state index in [9.17, 15) is 13.9 Å². The Bertz CT molecular complexity index is 1490. The van der Waals surface area contributed by atoms with Crippen molar-refractivity contribution in [3.05, 3.63) is 77.2 Å². The fourth-order valence-electron chi connectivity index (χ4n) is 6.10. The largest absolute Gasteiger partial charge is 0.443 e. The second-order valence-corrected chi connectivity index (χ2v) is 10.7. The molecule has 6 rings (SSSR count). The standard InChI is InChI=1S/C27H25F2N5O2/c1-25(2)15-8-9-27(25,20-12-30-11-19(31-20)24-32-21(13-36-24)26(3,4)35)23-14(15)10-18(33-34-23)22-16(28)6-5-7-17(22)29/h5-7,10-13,15,35H,8-9H2,1-4H3/t15-,27?/m1/s1. The average molecular weight is 490 g/mol. The lowest BCUT2D eigenvalue weighted by atomic mass is 9.66. The zero-order valence-electron chi connectivity index (χ0n) is 20.4. The van der Waals surface area contributed by atoms with Gasteiger partial charge in [0.15, 0.2) is 0 Å². The molecule has 1 aromatic carbocycles. The Hall–Kier alpha value is -3.59. The minimum Gasteiger partial charge on any atom is -0.443 e. The predicted octanol–water partition coefficient (Wildman–Crippen LogP) is 5.30. The van der Waals surface area contributed by atoms with Crippen LogP contribution in [0, 0.1) is 17.0 Å². The zero-order valence-corrected chi connectivity index (χ0v) is 20.4. The van der Waals surface area contributed by atoms with Crippen LogP contribution in [0.5, 0.6) is 0 Å². The third-order valence-electron chi connectivity index (χ3n) is 8.02. The Morgan fingerprint density at radius 3 is 2.50 bits per heavy atom. The molecular formula is C27H25F2N5O2. The van der Waals surface area contributed by atoms with E-state index < -0.39 is 22.7 Å². The molecule has 0 radical (unpaired) electrons. The molecule has 3 heterocycles. The van der Waals surface area contributed by atoms with Crippen molar-refractivity contribution >= 4 is 0 Å². The number of hydrogen-bond donors (Lipinski definition) is 1. The number of halogens is 2. The molecular weight excluding hydrogens is 464 g/mol. The highest BCUT2D eigenvalue weighted by Gasteiger charge is 2.65. The number of aromatic nitrogens is 5. The van der Waals surface area contributed by atoms with Crippen LogP contribution >= 0.6 is 0 Å². The first-order valence-electron chi connectivity index (χ1n) is 11.9. The monoisotopic (exact) mass is 489 g/mol. The summed E-state index contributed by atoms with van der Waals surface area (Å²) in [4.78, 5) is 13.8. The SMILES string of the molecule is CC(C)(O)c1coc(-c2cncc(C34CC[C@H](c5cc(-c6c(F)cccc6F)nnc53)C4(C)C)n2)n1. The first kappa shape index (κ1) is 22.8. The van der Waals surface area contributed by atoms with E-state index in [-0.39, 0.29) is 28.5 Å². The van der Waals surface area contributed by atoms with E-state index >= 15 is 0 Å². The van der Waals surface area contributed by atoms with E-state index in [4.69, 9.17) is 9.40 Å². The number of oxazole rings is 1. The van der Waals surface area contributed by atoms with E-state index in [1.165, 1.54) is 24.5 Å². The molecule has 2 bridgehead atoms. The molecule has 1 unspecified atom stereocenters. The number of aliphatic hydroxyl groups is 1. The highest BCUT2D eigenvalue weighted by Crippen LogP contribution is 2.69. The number of rotatable bonds is 4. The van der Waals surface area contributed by atoms with Gasteiger partial charge < -0.3 is 9.52 Å². The number of nitrogens with zero attached hydrogens (tertiary/aromatic N) is 5. The van der Waals surface area contributed by atoms with Crippen LogP contribution in [0.4, 0.5) is 8.78 Å². The minimum absolute atomic E-state index is 0.116. The van der Waals surface area contributed by atoms with Crippen molar-refractivity contribution in [1.29, 1.82) is 0 Å². The van der Waals surface area contributed by atoms with Gasteiger partial charge in [-0.2, -0.15) is 5.10 Å². The van der Waals surface area contributed by atoms with Crippen molar-refractivity contribution in [2.24, 2.45) is 5.41 Å². The molecule has 1 saturated carbocycles. The van der Waals surface area contributed by atoms with E-state index in [0.29, 0.717) is 17.1 Å². The van der Waals surface area contributed by atoms with Gasteiger partial charge in [0.1, 0.15) is 34.9 Å². The Morgan fingerprint density at radius 2 is 1.81 bits per heavy atom. The van der Waals surface area contributed by atoms with Gasteiger partial charge in [0.25, 0.3) is 0 Å². The Morgan fingerprint density at radius 1 is 1.06 bits per heavy atom. The normalized spacial score (nSPS) is 22.1.